The molecule has 38 heavy (non-hydrogen) atoms. The van der Waals surface area contributed by atoms with E-state index in [1.807, 2.05) is 6.07 Å². The molecule has 10 nitrogen and oxygen atoms in total. The van der Waals surface area contributed by atoms with Gasteiger partial charge < -0.3 is 23.7 Å². The van der Waals surface area contributed by atoms with Gasteiger partial charge in [0.2, 0.25) is 5.82 Å². The zero-order valence-corrected chi connectivity index (χ0v) is 20.7. The zero-order valence-electron chi connectivity index (χ0n) is 20.7. The number of aromatic nitrogens is 2. The van der Waals surface area contributed by atoms with E-state index in [-0.39, 0.29) is 11.6 Å². The van der Waals surface area contributed by atoms with Gasteiger partial charge in [0.25, 0.3) is 5.56 Å². The molecular weight excluding hydrogens is 490 g/mol. The molecule has 0 fully saturated rings. The van der Waals surface area contributed by atoms with Crippen molar-refractivity contribution in [3.05, 3.63) is 82.6 Å². The van der Waals surface area contributed by atoms with Crippen LogP contribution < -0.4 is 19.8 Å². The third-order valence-electron chi connectivity index (χ3n) is 5.90. The molecule has 5 aromatic rings. The number of para-hydroxylation sites is 2. The molecule has 0 aliphatic carbocycles. The Balaban J connectivity index is 1.70. The van der Waals surface area contributed by atoms with Gasteiger partial charge in [0.15, 0.2) is 23.4 Å². The monoisotopic (exact) mass is 513 g/mol. The van der Waals surface area contributed by atoms with Crippen LogP contribution in [-0.4, -0.2) is 47.3 Å². The van der Waals surface area contributed by atoms with Crippen molar-refractivity contribution >= 4 is 34.1 Å². The summed E-state index contributed by atoms with van der Waals surface area (Å²) in [5, 5.41) is 14.9. The van der Waals surface area contributed by atoms with Crippen molar-refractivity contribution in [3.8, 4) is 28.8 Å². The lowest BCUT2D eigenvalue weighted by Gasteiger charge is -2.16. The van der Waals surface area contributed by atoms with Crippen molar-refractivity contribution in [2.24, 2.45) is 5.10 Å². The summed E-state index contributed by atoms with van der Waals surface area (Å²) in [4.78, 5) is 29.7. The minimum Gasteiger partial charge on any atom is -0.496 e. The first-order chi connectivity index (χ1) is 18.4. The lowest BCUT2D eigenvalue weighted by atomic mass is 10.2. The molecule has 0 bridgehead atoms. The number of carboxylic acids is 1. The number of methoxy groups -OCH3 is 2. The van der Waals surface area contributed by atoms with E-state index >= 15 is 0 Å². The Morgan fingerprint density at radius 1 is 1.03 bits per heavy atom. The Morgan fingerprint density at radius 2 is 1.76 bits per heavy atom. The molecule has 1 atom stereocenters. The minimum atomic E-state index is -1.15. The van der Waals surface area contributed by atoms with Gasteiger partial charge in [-0.05, 0) is 49.4 Å². The first kappa shape index (κ1) is 24.6. The highest BCUT2D eigenvalue weighted by molar-refractivity contribution is 5.89. The summed E-state index contributed by atoms with van der Waals surface area (Å²) in [6.45, 7) is 1.40. The van der Waals surface area contributed by atoms with Crippen molar-refractivity contribution in [3.63, 3.8) is 0 Å². The number of hydrogen-bond donors (Lipinski definition) is 1. The summed E-state index contributed by atoms with van der Waals surface area (Å²) in [6, 6.07) is 19.1. The third kappa shape index (κ3) is 4.43. The highest BCUT2D eigenvalue weighted by Crippen LogP contribution is 2.34. The van der Waals surface area contributed by atoms with E-state index in [1.165, 1.54) is 20.2 Å². The zero-order chi connectivity index (χ0) is 26.8. The standard InChI is InChI=1S/C28H23N3O7/c1-16(28(33)34)37-25-17(8-6-13-23(25)36-3)15-29-31-26(30-20-10-5-4-9-18(20)27(31)32)24-14-19-21(35-2)11-7-12-22(19)38-24/h4-16H,1-3H3,(H,33,34)/t16-/m1/s1. The maximum atomic E-state index is 13.6. The smallest absolute Gasteiger partial charge is 0.344 e. The maximum absolute atomic E-state index is 13.6. The van der Waals surface area contributed by atoms with Gasteiger partial charge in [0.05, 0.1) is 36.7 Å². The molecule has 2 heterocycles. The summed E-state index contributed by atoms with van der Waals surface area (Å²) in [5.74, 6) is 0.442. The van der Waals surface area contributed by atoms with Crippen LogP contribution in [0.5, 0.6) is 17.2 Å². The normalized spacial score (nSPS) is 12.2. The molecule has 0 aliphatic heterocycles. The molecule has 1 N–H and O–H groups in total. The topological polar surface area (TPSA) is 125 Å². The molecule has 0 spiro atoms. The predicted molar refractivity (Wildman–Crippen MR) is 141 cm³/mol. The average molecular weight is 514 g/mol. The molecule has 0 saturated carbocycles. The Hall–Kier alpha value is -5.12. The number of aliphatic carboxylic acids is 1. The number of carboxylic acid groups (broad SMARTS) is 1. The molecule has 0 amide bonds. The Morgan fingerprint density at radius 3 is 2.53 bits per heavy atom. The van der Waals surface area contributed by atoms with Gasteiger partial charge in [-0.1, -0.05) is 24.3 Å². The quantitative estimate of drug-likeness (QED) is 0.299. The molecule has 0 aliphatic rings. The van der Waals surface area contributed by atoms with Crippen molar-refractivity contribution in [2.45, 2.75) is 13.0 Å². The first-order valence-electron chi connectivity index (χ1n) is 11.6. The van der Waals surface area contributed by atoms with Crippen LogP contribution in [-0.2, 0) is 4.79 Å². The predicted octanol–water partition coefficient (Wildman–Crippen LogP) is 4.56. The van der Waals surface area contributed by atoms with Crippen LogP contribution in [0.4, 0.5) is 0 Å². The van der Waals surface area contributed by atoms with Gasteiger partial charge >= 0.3 is 5.97 Å². The van der Waals surface area contributed by atoms with Gasteiger partial charge in [-0.15, -0.1) is 0 Å². The number of furan rings is 1. The summed E-state index contributed by atoms with van der Waals surface area (Å²) in [5.41, 5.74) is 1.02. The molecule has 0 radical (unpaired) electrons. The Kier molecular flexibility index (Phi) is 6.53. The number of fused-ring (bicyclic) bond motifs is 2. The van der Waals surface area contributed by atoms with Gasteiger partial charge in [0.1, 0.15) is 11.3 Å². The van der Waals surface area contributed by atoms with Gasteiger partial charge in [-0.2, -0.15) is 9.78 Å². The van der Waals surface area contributed by atoms with Gasteiger partial charge in [0, 0.05) is 5.56 Å². The molecule has 2 aromatic heterocycles. The van der Waals surface area contributed by atoms with E-state index in [2.05, 4.69) is 10.1 Å². The lowest BCUT2D eigenvalue weighted by Crippen LogP contribution is -2.24. The van der Waals surface area contributed by atoms with E-state index in [1.54, 1.807) is 67.8 Å². The average Bonchev–Trinajstić information content (AvgIpc) is 3.37. The molecule has 0 unspecified atom stereocenters. The van der Waals surface area contributed by atoms with E-state index in [4.69, 9.17) is 18.6 Å². The molecule has 0 saturated heterocycles. The van der Waals surface area contributed by atoms with Crippen LogP contribution in [0.2, 0.25) is 0 Å². The number of ether oxygens (including phenoxy) is 3. The molecule has 10 heteroatoms. The van der Waals surface area contributed by atoms with Gasteiger partial charge in [-0.3, -0.25) is 4.79 Å². The SMILES string of the molecule is COc1cccc(C=Nn2c(-c3cc4c(OC)cccc4o3)nc3ccccc3c2=O)c1O[C@H](C)C(=O)O. The number of carbonyl (C=O) groups is 1. The number of benzene rings is 3. The maximum Gasteiger partial charge on any atom is 0.344 e. The largest absolute Gasteiger partial charge is 0.496 e. The summed E-state index contributed by atoms with van der Waals surface area (Å²) >= 11 is 0. The summed E-state index contributed by atoms with van der Waals surface area (Å²) in [6.07, 6.45) is 0.237. The third-order valence-corrected chi connectivity index (χ3v) is 5.90. The molecule has 3 aromatic carbocycles. The minimum absolute atomic E-state index is 0.172. The Bertz CT molecular complexity index is 1750. The first-order valence-corrected chi connectivity index (χ1v) is 11.6. The van der Waals surface area contributed by atoms with E-state index in [0.29, 0.717) is 44.7 Å². The summed E-state index contributed by atoms with van der Waals surface area (Å²) < 4.78 is 23.6. The fourth-order valence-electron chi connectivity index (χ4n) is 3.98. The fourth-order valence-corrected chi connectivity index (χ4v) is 3.98. The van der Waals surface area contributed by atoms with Crippen molar-refractivity contribution < 1.29 is 28.5 Å². The van der Waals surface area contributed by atoms with E-state index < -0.39 is 17.6 Å². The van der Waals surface area contributed by atoms with E-state index in [9.17, 15) is 14.7 Å². The van der Waals surface area contributed by atoms with Crippen LogP contribution >= 0.6 is 0 Å². The highest BCUT2D eigenvalue weighted by Gasteiger charge is 2.20. The molecule has 5 rings (SSSR count). The number of hydrogen-bond acceptors (Lipinski definition) is 8. The van der Waals surface area contributed by atoms with Crippen LogP contribution in [0.15, 0.2) is 81.0 Å². The molecular formula is C28H23N3O7. The van der Waals surface area contributed by atoms with Crippen molar-refractivity contribution in [2.75, 3.05) is 14.2 Å². The van der Waals surface area contributed by atoms with Crippen LogP contribution in [0, 0.1) is 0 Å². The second-order valence-electron chi connectivity index (χ2n) is 8.27. The van der Waals surface area contributed by atoms with Crippen LogP contribution in [0.1, 0.15) is 12.5 Å². The van der Waals surface area contributed by atoms with Crippen molar-refractivity contribution in [1.82, 2.24) is 9.66 Å². The second-order valence-corrected chi connectivity index (χ2v) is 8.27. The van der Waals surface area contributed by atoms with E-state index in [0.717, 1.165) is 4.68 Å². The van der Waals surface area contributed by atoms with Crippen LogP contribution in [0.3, 0.4) is 0 Å². The molecule has 192 valence electrons. The van der Waals surface area contributed by atoms with Crippen LogP contribution in [0.25, 0.3) is 33.5 Å². The Labute approximate surface area is 216 Å². The summed E-state index contributed by atoms with van der Waals surface area (Å²) in [7, 11) is 3.01. The highest BCUT2D eigenvalue weighted by atomic mass is 16.5. The lowest BCUT2D eigenvalue weighted by molar-refractivity contribution is -0.144. The fraction of sp³-hybridized carbons (Fsp3) is 0.143. The number of nitrogens with zero attached hydrogens (tertiary/aromatic N) is 3. The number of rotatable bonds is 8. The second kappa shape index (κ2) is 10.1. The van der Waals surface area contributed by atoms with Crippen molar-refractivity contribution in [1.29, 1.82) is 0 Å². The van der Waals surface area contributed by atoms with Gasteiger partial charge in [-0.25, -0.2) is 9.78 Å².